The Kier molecular flexibility index (Phi) is 5.92. The number of para-hydroxylation sites is 2. The molecule has 8 nitrogen and oxygen atoms in total. The molecule has 5 rings (SSSR count). The number of Topliss-reactive ketones (excluding diaryl/α,β-unsaturated/α-hetero) is 1. The lowest BCUT2D eigenvalue weighted by atomic mass is 9.87. The maximum absolute atomic E-state index is 12.8. The second kappa shape index (κ2) is 9.19. The fourth-order valence-electron chi connectivity index (χ4n) is 3.92. The topological polar surface area (TPSA) is 110 Å². The molecule has 1 heterocycles. The fourth-order valence-corrected chi connectivity index (χ4v) is 4.91. The van der Waals surface area contributed by atoms with Crippen LogP contribution in [0.1, 0.15) is 22.3 Å². The number of benzene rings is 3. The van der Waals surface area contributed by atoms with Crippen LogP contribution < -0.4 is 14.8 Å². The highest BCUT2D eigenvalue weighted by Gasteiger charge is 2.22. The number of aryl methyl sites for hydroxylation is 1. The number of fused-ring (bicyclic) bond motifs is 2. The van der Waals surface area contributed by atoms with Crippen LogP contribution in [-0.4, -0.2) is 31.3 Å². The van der Waals surface area contributed by atoms with Crippen LogP contribution in [0.5, 0.6) is 5.75 Å². The minimum Gasteiger partial charge on any atom is -0.497 e. The first-order valence-electron chi connectivity index (χ1n) is 10.9. The Labute approximate surface area is 202 Å². The Morgan fingerprint density at radius 2 is 1.74 bits per heavy atom. The molecule has 0 amide bonds. The van der Waals surface area contributed by atoms with Crippen LogP contribution in [0.15, 0.2) is 89.6 Å². The number of carbonyl (C=O) groups is 1. The highest BCUT2D eigenvalue weighted by atomic mass is 32.2. The summed E-state index contributed by atoms with van der Waals surface area (Å²) in [5.41, 5.74) is 4.25. The number of nitrogens with zero attached hydrogens (tertiary/aromatic N) is 2. The van der Waals surface area contributed by atoms with E-state index in [2.05, 4.69) is 20.0 Å². The molecule has 0 bridgehead atoms. The molecule has 9 heteroatoms. The standard InChI is InChI=1S/C26H22N4O4S/c1-34-20-10-13-22-17(14-20)6-7-18(26(22)31)15-27-19-8-11-21(12-9-19)35(32,33)30-25-16-28-23-4-2-3-5-24(23)29-25/h2-5,8-16,27H,6-7H2,1H3,(H,29,30). The SMILES string of the molecule is COc1ccc2c(c1)CCC(=CNc1ccc(S(=O)(=O)Nc3cnc4ccccc4n3)cc1)C2=O. The first kappa shape index (κ1) is 22.5. The quantitative estimate of drug-likeness (QED) is 0.384. The monoisotopic (exact) mass is 486 g/mol. The van der Waals surface area contributed by atoms with Gasteiger partial charge < -0.3 is 10.1 Å². The molecule has 35 heavy (non-hydrogen) atoms. The molecule has 1 aromatic heterocycles. The van der Waals surface area contributed by atoms with Gasteiger partial charge in [0.15, 0.2) is 11.6 Å². The molecule has 0 radical (unpaired) electrons. The summed E-state index contributed by atoms with van der Waals surface area (Å²) in [7, 11) is -2.24. The van der Waals surface area contributed by atoms with E-state index in [1.165, 1.54) is 18.3 Å². The second-order valence-corrected chi connectivity index (χ2v) is 9.72. The number of carbonyl (C=O) groups excluding carboxylic acids is 1. The maximum Gasteiger partial charge on any atom is 0.263 e. The van der Waals surface area contributed by atoms with Gasteiger partial charge in [-0.3, -0.25) is 14.5 Å². The molecular formula is C26H22N4O4S. The van der Waals surface area contributed by atoms with Crippen molar-refractivity contribution in [3.05, 3.63) is 95.8 Å². The van der Waals surface area contributed by atoms with Crippen molar-refractivity contribution in [2.75, 3.05) is 17.1 Å². The molecule has 4 aromatic rings. The van der Waals surface area contributed by atoms with Crippen molar-refractivity contribution in [3.63, 3.8) is 0 Å². The Balaban J connectivity index is 1.28. The average Bonchev–Trinajstić information content (AvgIpc) is 2.88. The van der Waals surface area contributed by atoms with Gasteiger partial charge in [0.05, 0.1) is 29.2 Å². The molecule has 1 aliphatic rings. The smallest absolute Gasteiger partial charge is 0.263 e. The van der Waals surface area contributed by atoms with Crippen LogP contribution in [0.25, 0.3) is 11.0 Å². The van der Waals surface area contributed by atoms with Gasteiger partial charge in [0.1, 0.15) is 5.75 Å². The van der Waals surface area contributed by atoms with E-state index in [-0.39, 0.29) is 16.5 Å². The van der Waals surface area contributed by atoms with Crippen LogP contribution in [0.3, 0.4) is 0 Å². The number of hydrogen-bond donors (Lipinski definition) is 2. The lowest BCUT2D eigenvalue weighted by Gasteiger charge is -2.18. The van der Waals surface area contributed by atoms with Gasteiger partial charge in [-0.05, 0) is 73.0 Å². The number of hydrogen-bond acceptors (Lipinski definition) is 7. The van der Waals surface area contributed by atoms with Crippen molar-refractivity contribution < 1.29 is 17.9 Å². The van der Waals surface area contributed by atoms with Crippen LogP contribution in [-0.2, 0) is 16.4 Å². The zero-order valence-corrected chi connectivity index (χ0v) is 19.7. The minimum atomic E-state index is -3.84. The third kappa shape index (κ3) is 4.71. The van der Waals surface area contributed by atoms with Crippen molar-refractivity contribution in [1.82, 2.24) is 9.97 Å². The summed E-state index contributed by atoms with van der Waals surface area (Å²) >= 11 is 0. The van der Waals surface area contributed by atoms with E-state index >= 15 is 0 Å². The normalized spacial score (nSPS) is 14.5. The summed E-state index contributed by atoms with van der Waals surface area (Å²) in [6.07, 6.45) is 4.42. The van der Waals surface area contributed by atoms with Crippen molar-refractivity contribution in [1.29, 1.82) is 0 Å². The molecular weight excluding hydrogens is 464 g/mol. The molecule has 0 unspecified atom stereocenters. The number of aromatic nitrogens is 2. The summed E-state index contributed by atoms with van der Waals surface area (Å²) in [5.74, 6) is 0.852. The van der Waals surface area contributed by atoms with Gasteiger partial charge in [0, 0.05) is 23.0 Å². The number of rotatable bonds is 6. The van der Waals surface area contributed by atoms with E-state index in [9.17, 15) is 13.2 Å². The summed E-state index contributed by atoms with van der Waals surface area (Å²) in [6.45, 7) is 0. The zero-order chi connectivity index (χ0) is 24.4. The first-order chi connectivity index (χ1) is 16.9. The molecule has 3 aromatic carbocycles. The van der Waals surface area contributed by atoms with Crippen molar-refractivity contribution in [3.8, 4) is 5.75 Å². The third-order valence-corrected chi connectivity index (χ3v) is 7.15. The lowest BCUT2D eigenvalue weighted by Crippen LogP contribution is -2.15. The predicted molar refractivity (Wildman–Crippen MR) is 134 cm³/mol. The number of sulfonamides is 1. The van der Waals surface area contributed by atoms with E-state index in [0.29, 0.717) is 34.3 Å². The second-order valence-electron chi connectivity index (χ2n) is 8.04. The van der Waals surface area contributed by atoms with E-state index in [1.54, 1.807) is 49.7 Å². The van der Waals surface area contributed by atoms with E-state index in [0.717, 1.165) is 17.7 Å². The molecule has 0 atom stereocenters. The fraction of sp³-hybridized carbons (Fsp3) is 0.115. The number of nitrogens with one attached hydrogen (secondary N) is 2. The highest BCUT2D eigenvalue weighted by molar-refractivity contribution is 7.92. The summed E-state index contributed by atoms with van der Waals surface area (Å²) in [5, 5.41) is 3.10. The number of methoxy groups -OCH3 is 1. The molecule has 0 spiro atoms. The largest absolute Gasteiger partial charge is 0.497 e. The lowest BCUT2D eigenvalue weighted by molar-refractivity contribution is 0.102. The number of ketones is 1. The van der Waals surface area contributed by atoms with E-state index in [1.807, 2.05) is 18.2 Å². The van der Waals surface area contributed by atoms with Gasteiger partial charge in [-0.15, -0.1) is 0 Å². The van der Waals surface area contributed by atoms with Gasteiger partial charge in [-0.2, -0.15) is 0 Å². The van der Waals surface area contributed by atoms with Crippen molar-refractivity contribution >= 4 is 38.3 Å². The number of ether oxygens (including phenoxy) is 1. The maximum atomic E-state index is 12.8. The van der Waals surface area contributed by atoms with E-state index in [4.69, 9.17) is 4.74 Å². The van der Waals surface area contributed by atoms with Gasteiger partial charge >= 0.3 is 0 Å². The van der Waals surface area contributed by atoms with E-state index < -0.39 is 10.0 Å². The van der Waals surface area contributed by atoms with Gasteiger partial charge in [0.2, 0.25) is 0 Å². The van der Waals surface area contributed by atoms with Crippen molar-refractivity contribution in [2.45, 2.75) is 17.7 Å². The molecule has 1 aliphatic carbocycles. The number of anilines is 2. The molecule has 2 N–H and O–H groups in total. The van der Waals surface area contributed by atoms with Crippen LogP contribution in [0.2, 0.25) is 0 Å². The molecule has 176 valence electrons. The highest BCUT2D eigenvalue weighted by Crippen LogP contribution is 2.28. The van der Waals surface area contributed by atoms with Gasteiger partial charge in [0.25, 0.3) is 10.0 Å². The molecule has 0 fully saturated rings. The molecule has 0 saturated carbocycles. The predicted octanol–water partition coefficient (Wildman–Crippen LogP) is 4.56. The molecule has 0 saturated heterocycles. The van der Waals surface area contributed by atoms with Crippen molar-refractivity contribution in [2.24, 2.45) is 0 Å². The third-order valence-electron chi connectivity index (χ3n) is 5.78. The summed E-state index contributed by atoms with van der Waals surface area (Å²) < 4.78 is 33.3. The van der Waals surface area contributed by atoms with Crippen LogP contribution in [0, 0.1) is 0 Å². The van der Waals surface area contributed by atoms with Gasteiger partial charge in [-0.25, -0.2) is 13.4 Å². The Bertz CT molecular complexity index is 1560. The van der Waals surface area contributed by atoms with Crippen LogP contribution in [0.4, 0.5) is 11.5 Å². The van der Waals surface area contributed by atoms with Crippen LogP contribution >= 0.6 is 0 Å². The molecule has 0 aliphatic heterocycles. The Hall–Kier alpha value is -4.24. The zero-order valence-electron chi connectivity index (χ0n) is 18.9. The Morgan fingerprint density at radius 3 is 2.51 bits per heavy atom. The minimum absolute atomic E-state index is 0.0266. The summed E-state index contributed by atoms with van der Waals surface area (Å²) in [4.78, 5) is 21.5. The van der Waals surface area contributed by atoms with Gasteiger partial charge in [-0.1, -0.05) is 12.1 Å². The first-order valence-corrected chi connectivity index (χ1v) is 12.4. The summed E-state index contributed by atoms with van der Waals surface area (Å²) in [6, 6.07) is 18.9. The Morgan fingerprint density at radius 1 is 0.971 bits per heavy atom. The average molecular weight is 487 g/mol. The number of allylic oxidation sites excluding steroid dienone is 1.